The molecule has 4 rings (SSSR count). The van der Waals surface area contributed by atoms with E-state index < -0.39 is 9.84 Å². The molecular weight excluding hydrogens is 340 g/mol. The van der Waals surface area contributed by atoms with E-state index in [-0.39, 0.29) is 17.5 Å². The molecule has 0 spiro atoms. The first-order chi connectivity index (χ1) is 11.9. The van der Waals surface area contributed by atoms with E-state index in [0.29, 0.717) is 29.1 Å². The number of aromatic nitrogens is 3. The van der Waals surface area contributed by atoms with Crippen LogP contribution in [0.2, 0.25) is 0 Å². The highest BCUT2D eigenvalue weighted by Gasteiger charge is 2.32. The molecule has 1 aromatic carbocycles. The zero-order valence-corrected chi connectivity index (χ0v) is 14.8. The van der Waals surface area contributed by atoms with Crippen LogP contribution in [0, 0.1) is 6.92 Å². The molecule has 0 bridgehead atoms. The van der Waals surface area contributed by atoms with E-state index in [1.54, 1.807) is 11.4 Å². The standard InChI is InChI=1S/C17H18N4O3S/c1-11-14(9-22)17-18-16(20(2)12-7-8-25(23,24)10-12)13-5-3-4-6-15(13)21(17)19-11/h3-6,9,12H,7-8,10H2,1-2H3. The maximum Gasteiger partial charge on any atom is 0.168 e. The van der Waals surface area contributed by atoms with Gasteiger partial charge in [-0.3, -0.25) is 4.79 Å². The number of fused-ring (bicyclic) bond motifs is 3. The predicted octanol–water partition coefficient (Wildman–Crippen LogP) is 1.63. The maximum atomic E-state index is 11.8. The van der Waals surface area contributed by atoms with Gasteiger partial charge in [-0.2, -0.15) is 5.10 Å². The van der Waals surface area contributed by atoms with Crippen molar-refractivity contribution < 1.29 is 13.2 Å². The number of rotatable bonds is 3. The molecule has 25 heavy (non-hydrogen) atoms. The summed E-state index contributed by atoms with van der Waals surface area (Å²) >= 11 is 0. The summed E-state index contributed by atoms with van der Waals surface area (Å²) in [6.45, 7) is 1.78. The van der Waals surface area contributed by atoms with Crippen LogP contribution in [0.3, 0.4) is 0 Å². The normalized spacial score (nSPS) is 19.5. The average Bonchev–Trinajstić information content (AvgIpc) is 3.12. The van der Waals surface area contributed by atoms with Crippen molar-refractivity contribution >= 4 is 38.5 Å². The Balaban J connectivity index is 1.97. The number of aldehydes is 1. The molecule has 1 atom stereocenters. The number of carbonyl (C=O) groups is 1. The third-order valence-corrected chi connectivity index (χ3v) is 6.62. The van der Waals surface area contributed by atoms with Gasteiger partial charge in [-0.15, -0.1) is 0 Å². The predicted molar refractivity (Wildman–Crippen MR) is 96.1 cm³/mol. The van der Waals surface area contributed by atoms with Crippen LogP contribution in [0.4, 0.5) is 5.82 Å². The quantitative estimate of drug-likeness (QED) is 0.662. The lowest BCUT2D eigenvalue weighted by Crippen LogP contribution is -2.33. The number of benzene rings is 1. The first kappa shape index (κ1) is 16.0. The van der Waals surface area contributed by atoms with Gasteiger partial charge in [0, 0.05) is 18.5 Å². The highest BCUT2D eigenvalue weighted by molar-refractivity contribution is 7.91. The lowest BCUT2D eigenvalue weighted by Gasteiger charge is -2.26. The van der Waals surface area contributed by atoms with Crippen molar-refractivity contribution in [2.45, 2.75) is 19.4 Å². The van der Waals surface area contributed by atoms with Gasteiger partial charge in [0.05, 0.1) is 28.3 Å². The summed E-state index contributed by atoms with van der Waals surface area (Å²) in [7, 11) is -1.13. The van der Waals surface area contributed by atoms with E-state index in [4.69, 9.17) is 0 Å². The lowest BCUT2D eigenvalue weighted by molar-refractivity contribution is 0.112. The molecule has 0 radical (unpaired) electrons. The van der Waals surface area contributed by atoms with E-state index in [1.165, 1.54) is 0 Å². The monoisotopic (exact) mass is 358 g/mol. The fourth-order valence-electron chi connectivity index (χ4n) is 3.47. The van der Waals surface area contributed by atoms with Crippen LogP contribution in [0.1, 0.15) is 22.5 Å². The minimum absolute atomic E-state index is 0.118. The number of carbonyl (C=O) groups excluding carboxylic acids is 1. The van der Waals surface area contributed by atoms with Crippen molar-refractivity contribution in [3.05, 3.63) is 35.5 Å². The van der Waals surface area contributed by atoms with Crippen LogP contribution < -0.4 is 4.90 Å². The van der Waals surface area contributed by atoms with Gasteiger partial charge in [0.25, 0.3) is 0 Å². The van der Waals surface area contributed by atoms with Crippen LogP contribution in [-0.4, -0.2) is 53.9 Å². The molecule has 8 heteroatoms. The Morgan fingerprint density at radius 3 is 2.76 bits per heavy atom. The van der Waals surface area contributed by atoms with E-state index in [0.717, 1.165) is 17.2 Å². The Morgan fingerprint density at radius 2 is 2.08 bits per heavy atom. The van der Waals surface area contributed by atoms with E-state index >= 15 is 0 Å². The summed E-state index contributed by atoms with van der Waals surface area (Å²) in [6.07, 6.45) is 1.35. The Hall–Kier alpha value is -2.48. The SMILES string of the molecule is Cc1nn2c(nc(N(C)C3CCS(=O)(=O)C3)c3ccccc32)c1C=O. The zero-order valence-electron chi connectivity index (χ0n) is 14.0. The molecular formula is C17H18N4O3S. The summed E-state index contributed by atoms with van der Waals surface area (Å²) in [5.41, 5.74) is 2.41. The zero-order chi connectivity index (χ0) is 17.8. The molecule has 1 aliphatic heterocycles. The van der Waals surface area contributed by atoms with Crippen LogP contribution >= 0.6 is 0 Å². The van der Waals surface area contributed by atoms with E-state index in [1.807, 2.05) is 36.2 Å². The van der Waals surface area contributed by atoms with Crippen molar-refractivity contribution in [3.8, 4) is 0 Å². The molecule has 3 heterocycles. The van der Waals surface area contributed by atoms with Crippen LogP contribution in [-0.2, 0) is 9.84 Å². The fraction of sp³-hybridized carbons (Fsp3) is 0.353. The van der Waals surface area contributed by atoms with Crippen molar-refractivity contribution in [1.82, 2.24) is 14.6 Å². The van der Waals surface area contributed by atoms with Crippen molar-refractivity contribution in [2.75, 3.05) is 23.5 Å². The highest BCUT2D eigenvalue weighted by atomic mass is 32.2. The second kappa shape index (κ2) is 5.52. The van der Waals surface area contributed by atoms with Gasteiger partial charge >= 0.3 is 0 Å². The Morgan fingerprint density at radius 1 is 1.32 bits per heavy atom. The summed E-state index contributed by atoms with van der Waals surface area (Å²) in [5.74, 6) is 1.00. The van der Waals surface area contributed by atoms with Gasteiger partial charge in [-0.05, 0) is 25.5 Å². The number of anilines is 1. The number of para-hydroxylation sites is 1. The van der Waals surface area contributed by atoms with Gasteiger partial charge in [-0.25, -0.2) is 17.9 Å². The molecule has 0 N–H and O–H groups in total. The number of hydrogen-bond acceptors (Lipinski definition) is 6. The highest BCUT2D eigenvalue weighted by Crippen LogP contribution is 2.30. The number of sulfone groups is 1. The molecule has 130 valence electrons. The second-order valence-electron chi connectivity index (χ2n) is 6.47. The second-order valence-corrected chi connectivity index (χ2v) is 8.70. The minimum atomic E-state index is -3.00. The number of hydrogen-bond donors (Lipinski definition) is 0. The largest absolute Gasteiger partial charge is 0.355 e. The fourth-order valence-corrected chi connectivity index (χ4v) is 5.25. The van der Waals surface area contributed by atoms with Crippen molar-refractivity contribution in [2.24, 2.45) is 0 Å². The summed E-state index contributed by atoms with van der Waals surface area (Å²) < 4.78 is 25.4. The van der Waals surface area contributed by atoms with E-state index in [9.17, 15) is 13.2 Å². The van der Waals surface area contributed by atoms with Crippen molar-refractivity contribution in [3.63, 3.8) is 0 Å². The molecule has 1 saturated heterocycles. The molecule has 1 fully saturated rings. The molecule has 2 aromatic heterocycles. The Bertz CT molecular complexity index is 1100. The van der Waals surface area contributed by atoms with Gasteiger partial charge in [0.1, 0.15) is 5.82 Å². The summed E-state index contributed by atoms with van der Waals surface area (Å²) in [4.78, 5) is 18.1. The molecule has 0 aliphatic carbocycles. The van der Waals surface area contributed by atoms with Gasteiger partial charge in [0.2, 0.25) is 0 Å². The number of aryl methyl sites for hydroxylation is 1. The van der Waals surface area contributed by atoms with Crippen LogP contribution in [0.15, 0.2) is 24.3 Å². The molecule has 0 amide bonds. The molecule has 7 nitrogen and oxygen atoms in total. The minimum Gasteiger partial charge on any atom is -0.355 e. The molecule has 3 aromatic rings. The molecule has 1 unspecified atom stereocenters. The van der Waals surface area contributed by atoms with E-state index in [2.05, 4.69) is 10.1 Å². The smallest absolute Gasteiger partial charge is 0.168 e. The molecule has 1 aliphatic rings. The van der Waals surface area contributed by atoms with Gasteiger partial charge in [-0.1, -0.05) is 12.1 Å². The number of nitrogens with zero attached hydrogens (tertiary/aromatic N) is 4. The van der Waals surface area contributed by atoms with Crippen LogP contribution in [0.5, 0.6) is 0 Å². The summed E-state index contributed by atoms with van der Waals surface area (Å²) in [5, 5.41) is 5.32. The maximum absolute atomic E-state index is 11.8. The third kappa shape index (κ3) is 2.48. The third-order valence-electron chi connectivity index (χ3n) is 4.87. The summed E-state index contributed by atoms with van der Waals surface area (Å²) in [6, 6.07) is 7.56. The lowest BCUT2D eigenvalue weighted by atomic mass is 10.1. The molecule has 0 saturated carbocycles. The first-order valence-electron chi connectivity index (χ1n) is 8.08. The van der Waals surface area contributed by atoms with Gasteiger partial charge in [0.15, 0.2) is 21.8 Å². The first-order valence-corrected chi connectivity index (χ1v) is 9.90. The van der Waals surface area contributed by atoms with Crippen LogP contribution in [0.25, 0.3) is 16.6 Å². The average molecular weight is 358 g/mol. The Kier molecular flexibility index (Phi) is 3.54. The van der Waals surface area contributed by atoms with Gasteiger partial charge < -0.3 is 4.90 Å². The Labute approximate surface area is 145 Å². The van der Waals surface area contributed by atoms with Crippen molar-refractivity contribution in [1.29, 1.82) is 0 Å². The topological polar surface area (TPSA) is 84.6 Å².